The molecule has 0 aromatic heterocycles. The lowest BCUT2D eigenvalue weighted by atomic mass is 10.0. The van der Waals surface area contributed by atoms with Crippen LogP contribution in [0.2, 0.25) is 0 Å². The maximum absolute atomic E-state index is 14.8. The van der Waals surface area contributed by atoms with Crippen molar-refractivity contribution >= 4 is 7.44 Å². The Kier molecular flexibility index (Phi) is 6.34. The molecular weight excluding hydrogens is 353 g/mol. The van der Waals surface area contributed by atoms with Crippen LogP contribution in [0.25, 0.3) is 0 Å². The van der Waals surface area contributed by atoms with Gasteiger partial charge in [0.25, 0.3) is 0 Å². The highest BCUT2D eigenvalue weighted by Gasteiger charge is 2.48. The van der Waals surface area contributed by atoms with Crippen LogP contribution >= 0.6 is 7.44 Å². The molecule has 1 aliphatic carbocycles. The molecule has 1 unspecified atom stereocenters. The van der Waals surface area contributed by atoms with Crippen LogP contribution in [0.3, 0.4) is 0 Å². The Morgan fingerprint density at radius 3 is 1.85 bits per heavy atom. The minimum Gasteiger partial charge on any atom is -0.379 e. The molecule has 3 fully saturated rings. The predicted molar refractivity (Wildman–Crippen MR) is 101 cm³/mol. The van der Waals surface area contributed by atoms with Crippen molar-refractivity contribution in [3.63, 3.8) is 0 Å². The van der Waals surface area contributed by atoms with E-state index in [1.165, 1.54) is 5.70 Å². The Morgan fingerprint density at radius 2 is 1.31 bits per heavy atom. The number of rotatable bonds is 4. The van der Waals surface area contributed by atoms with Crippen LogP contribution < -0.4 is 0 Å². The Hall–Kier alpha value is -0.430. The van der Waals surface area contributed by atoms with Gasteiger partial charge in [-0.1, -0.05) is 6.08 Å². The molecule has 0 bridgehead atoms. The zero-order chi connectivity index (χ0) is 17.8. The number of hydrogen-bond donors (Lipinski definition) is 0. The van der Waals surface area contributed by atoms with E-state index in [4.69, 9.17) is 14.2 Å². The third-order valence-corrected chi connectivity index (χ3v) is 9.70. The van der Waals surface area contributed by atoms with Crippen LogP contribution in [0, 0.1) is 0 Å². The lowest BCUT2D eigenvalue weighted by Gasteiger charge is -2.49. The fourth-order valence-electron chi connectivity index (χ4n) is 4.60. The lowest BCUT2D eigenvalue weighted by Crippen LogP contribution is -2.49. The summed E-state index contributed by atoms with van der Waals surface area (Å²) < 4.78 is 36.0. The van der Waals surface area contributed by atoms with Crippen LogP contribution in [0.1, 0.15) is 19.3 Å². The highest BCUT2D eigenvalue weighted by molar-refractivity contribution is 7.60. The van der Waals surface area contributed by atoms with Crippen molar-refractivity contribution in [2.45, 2.75) is 24.9 Å². The van der Waals surface area contributed by atoms with Gasteiger partial charge in [-0.05, 0) is 19.3 Å². The fraction of sp³-hybridized carbons (Fsp3) is 0.889. The summed E-state index contributed by atoms with van der Waals surface area (Å²) in [5.74, 6) is 0. The number of allylic oxidation sites excluding steroid dienone is 2. The van der Waals surface area contributed by atoms with Crippen molar-refractivity contribution in [2.75, 3.05) is 78.9 Å². The Morgan fingerprint density at radius 1 is 0.808 bits per heavy atom. The average molecular weight is 385 g/mol. The van der Waals surface area contributed by atoms with E-state index >= 15 is 0 Å². The van der Waals surface area contributed by atoms with Gasteiger partial charge in [-0.15, -0.1) is 0 Å². The first-order chi connectivity index (χ1) is 12.8. The minimum atomic E-state index is -2.71. The summed E-state index contributed by atoms with van der Waals surface area (Å²) in [6, 6.07) is 0. The van der Waals surface area contributed by atoms with Crippen molar-refractivity contribution in [2.24, 2.45) is 0 Å². The first-order valence-electron chi connectivity index (χ1n) is 10.1. The molecule has 7 nitrogen and oxygen atoms in total. The molecule has 0 spiro atoms. The second-order valence-corrected chi connectivity index (χ2v) is 10.3. The molecule has 0 saturated carbocycles. The molecule has 3 saturated heterocycles. The molecular formula is C18H32N3O4P. The van der Waals surface area contributed by atoms with E-state index in [0.717, 1.165) is 71.7 Å². The van der Waals surface area contributed by atoms with Crippen molar-refractivity contribution in [3.05, 3.63) is 11.8 Å². The van der Waals surface area contributed by atoms with E-state index < -0.39 is 7.44 Å². The standard InChI is InChI=1S/C18H32N3O4P/c22-26(20-7-13-24-14-8-20,21-9-15-25-16-10-21)18-4-2-1-3-17(18)19-5-11-23-12-6-19/h3,18H,1-2,4-16H2. The first kappa shape index (κ1) is 18.9. The summed E-state index contributed by atoms with van der Waals surface area (Å²) >= 11 is 0. The lowest BCUT2D eigenvalue weighted by molar-refractivity contribution is 0.0455. The largest absolute Gasteiger partial charge is 0.379 e. The number of morpholine rings is 3. The van der Waals surface area contributed by atoms with E-state index in [0.29, 0.717) is 26.4 Å². The van der Waals surface area contributed by atoms with Crippen LogP contribution in [-0.2, 0) is 18.8 Å². The number of hydrogen-bond acceptors (Lipinski definition) is 5. The van der Waals surface area contributed by atoms with E-state index in [2.05, 4.69) is 20.3 Å². The molecule has 3 heterocycles. The van der Waals surface area contributed by atoms with Crippen molar-refractivity contribution in [3.8, 4) is 0 Å². The Bertz CT molecular complexity index is 519. The summed E-state index contributed by atoms with van der Waals surface area (Å²) in [6.45, 7) is 9.13. The molecule has 148 valence electrons. The van der Waals surface area contributed by atoms with Gasteiger partial charge >= 0.3 is 0 Å². The molecule has 4 rings (SSSR count). The summed E-state index contributed by atoms with van der Waals surface area (Å²) in [5, 5.41) is 0. The number of ether oxygens (including phenoxy) is 3. The van der Waals surface area contributed by atoms with Gasteiger partial charge in [-0.2, -0.15) is 0 Å². The fourth-order valence-corrected chi connectivity index (χ4v) is 8.35. The maximum atomic E-state index is 14.8. The molecule has 8 heteroatoms. The van der Waals surface area contributed by atoms with Crippen LogP contribution in [0.4, 0.5) is 0 Å². The molecule has 0 aromatic carbocycles. The van der Waals surface area contributed by atoms with Gasteiger partial charge in [-0.3, -0.25) is 4.57 Å². The van der Waals surface area contributed by atoms with Gasteiger partial charge < -0.3 is 19.1 Å². The van der Waals surface area contributed by atoms with E-state index in [1.54, 1.807) is 0 Å². The molecule has 1 atom stereocenters. The van der Waals surface area contributed by atoms with E-state index in [1.807, 2.05) is 0 Å². The smallest absolute Gasteiger partial charge is 0.225 e. The van der Waals surface area contributed by atoms with Crippen LogP contribution in [0.15, 0.2) is 11.8 Å². The van der Waals surface area contributed by atoms with E-state index in [9.17, 15) is 4.57 Å². The van der Waals surface area contributed by atoms with Gasteiger partial charge in [0.05, 0.1) is 45.3 Å². The third-order valence-electron chi connectivity index (χ3n) is 5.94. The molecule has 0 radical (unpaired) electrons. The molecule has 3 aliphatic heterocycles. The van der Waals surface area contributed by atoms with Crippen LogP contribution in [0.5, 0.6) is 0 Å². The predicted octanol–water partition coefficient (Wildman–Crippen LogP) is 1.61. The zero-order valence-corrected chi connectivity index (χ0v) is 16.6. The quantitative estimate of drug-likeness (QED) is 0.682. The highest BCUT2D eigenvalue weighted by Crippen LogP contribution is 2.62. The minimum absolute atomic E-state index is 0.102. The second-order valence-electron chi connectivity index (χ2n) is 7.40. The van der Waals surface area contributed by atoms with Crippen molar-refractivity contribution in [1.29, 1.82) is 0 Å². The molecule has 0 N–H and O–H groups in total. The van der Waals surface area contributed by atoms with Gasteiger partial charge in [0.2, 0.25) is 7.44 Å². The molecule has 4 aliphatic rings. The Labute approximate surface area is 156 Å². The van der Waals surface area contributed by atoms with Gasteiger partial charge in [0.15, 0.2) is 0 Å². The summed E-state index contributed by atoms with van der Waals surface area (Å²) in [6.07, 6.45) is 5.58. The second kappa shape index (κ2) is 8.72. The van der Waals surface area contributed by atoms with E-state index in [-0.39, 0.29) is 5.66 Å². The Balaban J connectivity index is 1.65. The molecule has 0 amide bonds. The highest BCUT2D eigenvalue weighted by atomic mass is 31.2. The SMILES string of the molecule is O=P(C1CCCC=C1N1CCOCC1)(N1CCOCC1)N1CCOCC1. The van der Waals surface area contributed by atoms with Crippen molar-refractivity contribution in [1.82, 2.24) is 14.2 Å². The topological polar surface area (TPSA) is 54.5 Å². The van der Waals surface area contributed by atoms with Crippen LogP contribution in [-0.4, -0.2) is 98.8 Å². The maximum Gasteiger partial charge on any atom is 0.225 e. The normalized spacial score (nSPS) is 30.2. The molecule has 26 heavy (non-hydrogen) atoms. The average Bonchev–Trinajstić information content (AvgIpc) is 2.75. The van der Waals surface area contributed by atoms with Crippen molar-refractivity contribution < 1.29 is 18.8 Å². The summed E-state index contributed by atoms with van der Waals surface area (Å²) in [5.41, 5.74) is 1.41. The van der Waals surface area contributed by atoms with Gasteiger partial charge in [0, 0.05) is 45.0 Å². The third kappa shape index (κ3) is 3.75. The first-order valence-corrected chi connectivity index (χ1v) is 11.8. The van der Waals surface area contributed by atoms with Gasteiger partial charge in [0.1, 0.15) is 0 Å². The summed E-state index contributed by atoms with van der Waals surface area (Å²) in [7, 11) is -2.71. The monoisotopic (exact) mass is 385 g/mol. The molecule has 0 aromatic rings. The zero-order valence-electron chi connectivity index (χ0n) is 15.7. The summed E-state index contributed by atoms with van der Waals surface area (Å²) in [4.78, 5) is 2.43. The number of nitrogens with zero attached hydrogens (tertiary/aromatic N) is 3. The van der Waals surface area contributed by atoms with Gasteiger partial charge in [-0.25, -0.2) is 9.34 Å².